The first-order valence-corrected chi connectivity index (χ1v) is 7.68. The second-order valence-electron chi connectivity index (χ2n) is 4.68. The molecule has 0 spiro atoms. The van der Waals surface area contributed by atoms with E-state index in [-0.39, 0.29) is 29.1 Å². The molecule has 8 heteroatoms. The average Bonchev–Trinajstić information content (AvgIpc) is 2.72. The number of carbonyl (C=O) groups is 2. The van der Waals surface area contributed by atoms with Gasteiger partial charge in [-0.15, -0.1) is 0 Å². The molecule has 2 rings (SSSR count). The van der Waals surface area contributed by atoms with Crippen molar-refractivity contribution in [3.05, 3.63) is 45.0 Å². The van der Waals surface area contributed by atoms with Gasteiger partial charge < -0.3 is 9.64 Å². The number of ether oxygens (including phenoxy) is 1. The van der Waals surface area contributed by atoms with Crippen molar-refractivity contribution in [1.29, 1.82) is 0 Å². The molecule has 22 heavy (non-hydrogen) atoms. The number of esters is 1. The summed E-state index contributed by atoms with van der Waals surface area (Å²) in [7, 11) is 1.18. The molecule has 1 atom stereocenters. The molecule has 1 aromatic rings. The Labute approximate surface area is 147 Å². The summed E-state index contributed by atoms with van der Waals surface area (Å²) >= 11 is 23.8. The molecule has 0 N–H and O–H groups in total. The van der Waals surface area contributed by atoms with Gasteiger partial charge in [-0.25, -0.2) is 4.79 Å². The fourth-order valence-electron chi connectivity index (χ4n) is 2.25. The highest BCUT2D eigenvalue weighted by molar-refractivity contribution is 6.57. The number of halogens is 4. The molecule has 0 aromatic heterocycles. The van der Waals surface area contributed by atoms with Crippen LogP contribution in [-0.2, 0) is 20.9 Å². The summed E-state index contributed by atoms with van der Waals surface area (Å²) < 4.78 is 4.41. The van der Waals surface area contributed by atoms with Crippen LogP contribution in [0.2, 0.25) is 5.02 Å². The smallest absolute Gasteiger partial charge is 0.333 e. The van der Waals surface area contributed by atoms with Crippen LogP contribution in [0.4, 0.5) is 0 Å². The number of hydrogen-bond donors (Lipinski definition) is 0. The van der Waals surface area contributed by atoms with E-state index in [2.05, 4.69) is 4.74 Å². The van der Waals surface area contributed by atoms with E-state index in [0.29, 0.717) is 5.02 Å². The Morgan fingerprint density at radius 1 is 1.32 bits per heavy atom. The zero-order chi connectivity index (χ0) is 16.5. The van der Waals surface area contributed by atoms with E-state index in [9.17, 15) is 9.59 Å². The monoisotopic (exact) mass is 381 g/mol. The molecule has 118 valence electrons. The minimum Gasteiger partial charge on any atom is -0.467 e. The van der Waals surface area contributed by atoms with Crippen molar-refractivity contribution in [2.45, 2.75) is 17.8 Å². The first-order chi connectivity index (χ1) is 10.3. The maximum atomic E-state index is 12.3. The van der Waals surface area contributed by atoms with E-state index in [1.165, 1.54) is 12.0 Å². The molecule has 0 radical (unpaired) electrons. The highest BCUT2D eigenvalue weighted by atomic mass is 35.5. The maximum absolute atomic E-state index is 12.3. The zero-order valence-electron chi connectivity index (χ0n) is 11.4. The Morgan fingerprint density at radius 2 is 1.91 bits per heavy atom. The number of carbonyl (C=O) groups excluding carboxylic acids is 2. The van der Waals surface area contributed by atoms with Crippen LogP contribution in [0.25, 0.3) is 0 Å². The maximum Gasteiger partial charge on any atom is 0.333 e. The van der Waals surface area contributed by atoms with Gasteiger partial charge in [0.05, 0.1) is 25.8 Å². The Morgan fingerprint density at radius 3 is 2.41 bits per heavy atom. The summed E-state index contributed by atoms with van der Waals surface area (Å²) in [6.45, 7) is 0.166. The van der Waals surface area contributed by atoms with Gasteiger partial charge in [-0.1, -0.05) is 58.5 Å². The molecule has 1 amide bonds. The summed E-state index contributed by atoms with van der Waals surface area (Å²) in [5.74, 6) is -1.15. The Kier molecular flexibility index (Phi) is 5.28. The van der Waals surface area contributed by atoms with E-state index < -0.39 is 10.8 Å². The molecule has 1 unspecified atom stereocenters. The summed E-state index contributed by atoms with van der Waals surface area (Å²) in [5, 5.41) is 0.573. The van der Waals surface area contributed by atoms with Gasteiger partial charge in [0.1, 0.15) is 4.49 Å². The van der Waals surface area contributed by atoms with Crippen molar-refractivity contribution < 1.29 is 14.3 Å². The third-order valence-electron chi connectivity index (χ3n) is 3.28. The highest BCUT2D eigenvalue weighted by Gasteiger charge is 2.54. The van der Waals surface area contributed by atoms with Crippen LogP contribution < -0.4 is 0 Å². The molecule has 1 aliphatic rings. The van der Waals surface area contributed by atoms with Gasteiger partial charge in [0.15, 0.2) is 4.87 Å². The van der Waals surface area contributed by atoms with Crippen LogP contribution in [0.15, 0.2) is 34.5 Å². The average molecular weight is 383 g/mol. The number of alkyl halides is 1. The van der Waals surface area contributed by atoms with Gasteiger partial charge in [0.2, 0.25) is 5.91 Å². The predicted octanol–water partition coefficient (Wildman–Crippen LogP) is 3.87. The third kappa shape index (κ3) is 3.20. The SMILES string of the molecule is COC(=O)C1(Cl)CC(=O)N(Cc2ccc(Cl)cc2)C1=C(Cl)Cl. The molecule has 0 bridgehead atoms. The van der Waals surface area contributed by atoms with Crippen LogP contribution in [-0.4, -0.2) is 28.8 Å². The minimum atomic E-state index is -1.71. The Bertz CT molecular complexity index is 640. The molecule has 1 aliphatic heterocycles. The van der Waals surface area contributed by atoms with E-state index >= 15 is 0 Å². The lowest BCUT2D eigenvalue weighted by Crippen LogP contribution is -2.35. The molecule has 4 nitrogen and oxygen atoms in total. The number of amides is 1. The third-order valence-corrected chi connectivity index (χ3v) is 4.36. The van der Waals surface area contributed by atoms with Crippen molar-refractivity contribution in [3.8, 4) is 0 Å². The first-order valence-electron chi connectivity index (χ1n) is 6.17. The van der Waals surface area contributed by atoms with Crippen molar-refractivity contribution >= 4 is 58.3 Å². The van der Waals surface area contributed by atoms with Crippen molar-refractivity contribution in [2.75, 3.05) is 7.11 Å². The van der Waals surface area contributed by atoms with Gasteiger partial charge >= 0.3 is 5.97 Å². The van der Waals surface area contributed by atoms with E-state index in [4.69, 9.17) is 46.4 Å². The van der Waals surface area contributed by atoms with Gasteiger partial charge in [0, 0.05) is 5.02 Å². The number of likely N-dealkylation sites (tertiary alicyclic amines) is 1. The Hall–Kier alpha value is -0.940. The lowest BCUT2D eigenvalue weighted by molar-refractivity contribution is -0.143. The highest BCUT2D eigenvalue weighted by Crippen LogP contribution is 2.44. The van der Waals surface area contributed by atoms with Gasteiger partial charge in [-0.2, -0.15) is 0 Å². The van der Waals surface area contributed by atoms with E-state index in [1.807, 2.05) is 0 Å². The minimum absolute atomic E-state index is 0.0318. The lowest BCUT2D eigenvalue weighted by Gasteiger charge is -2.24. The van der Waals surface area contributed by atoms with Crippen molar-refractivity contribution in [3.63, 3.8) is 0 Å². The van der Waals surface area contributed by atoms with Gasteiger partial charge in [0.25, 0.3) is 0 Å². The lowest BCUT2D eigenvalue weighted by atomic mass is 10.1. The largest absolute Gasteiger partial charge is 0.467 e. The second-order valence-corrected chi connectivity index (χ2v) is 6.72. The van der Waals surface area contributed by atoms with E-state index in [0.717, 1.165) is 5.56 Å². The first kappa shape index (κ1) is 17.4. The number of benzene rings is 1. The molecule has 1 aromatic carbocycles. The molecule has 0 aliphatic carbocycles. The van der Waals surface area contributed by atoms with Crippen molar-refractivity contribution in [1.82, 2.24) is 4.90 Å². The Balaban J connectivity index is 2.39. The predicted molar refractivity (Wildman–Crippen MR) is 86.0 cm³/mol. The number of nitrogens with zero attached hydrogens (tertiary/aromatic N) is 1. The summed E-state index contributed by atoms with van der Waals surface area (Å²) in [6.07, 6.45) is -0.271. The standard InChI is InChI=1S/C14H11Cl4NO3/c1-22-13(21)14(18)6-10(20)19(11(14)12(16)17)7-8-2-4-9(15)5-3-8/h2-5H,6-7H2,1H3. The molecule has 1 heterocycles. The fraction of sp³-hybridized carbons (Fsp3) is 0.286. The molecule has 1 saturated heterocycles. The molecular weight excluding hydrogens is 372 g/mol. The van der Waals surface area contributed by atoms with Gasteiger partial charge in [-0.05, 0) is 17.7 Å². The van der Waals surface area contributed by atoms with E-state index in [1.54, 1.807) is 24.3 Å². The molecular formula is C14H11Cl4NO3. The van der Waals surface area contributed by atoms with Crippen LogP contribution in [0.1, 0.15) is 12.0 Å². The number of hydrogen-bond acceptors (Lipinski definition) is 3. The normalized spacial score (nSPS) is 21.2. The van der Waals surface area contributed by atoms with Crippen molar-refractivity contribution in [2.24, 2.45) is 0 Å². The van der Waals surface area contributed by atoms with Crippen LogP contribution in [0, 0.1) is 0 Å². The zero-order valence-corrected chi connectivity index (χ0v) is 14.4. The topological polar surface area (TPSA) is 46.6 Å². The summed E-state index contributed by atoms with van der Waals surface area (Å²) in [4.78, 5) is 23.8. The number of rotatable bonds is 3. The summed E-state index contributed by atoms with van der Waals surface area (Å²) in [5.41, 5.74) is 0.819. The fourth-order valence-corrected chi connectivity index (χ4v) is 3.39. The van der Waals surface area contributed by atoms with Crippen LogP contribution >= 0.6 is 46.4 Å². The summed E-state index contributed by atoms with van der Waals surface area (Å²) in [6, 6.07) is 6.89. The molecule has 1 fully saturated rings. The molecule has 0 saturated carbocycles. The van der Waals surface area contributed by atoms with Crippen LogP contribution in [0.3, 0.4) is 0 Å². The van der Waals surface area contributed by atoms with Gasteiger partial charge in [-0.3, -0.25) is 4.79 Å². The second kappa shape index (κ2) is 6.67. The van der Waals surface area contributed by atoms with Crippen LogP contribution in [0.5, 0.6) is 0 Å². The quantitative estimate of drug-likeness (QED) is 0.588. The number of methoxy groups -OCH3 is 1.